The molecule has 1 aromatic carbocycles. The predicted octanol–water partition coefficient (Wildman–Crippen LogP) is 4.78. The molecule has 2 nitrogen and oxygen atoms in total. The second kappa shape index (κ2) is 5.24. The van der Waals surface area contributed by atoms with Gasteiger partial charge in [-0.1, -0.05) is 17.7 Å². The molecule has 0 radical (unpaired) electrons. The van der Waals surface area contributed by atoms with Crippen LogP contribution in [0.1, 0.15) is 5.56 Å². The van der Waals surface area contributed by atoms with Gasteiger partial charge in [-0.05, 0) is 24.3 Å². The normalized spacial score (nSPS) is 11.5. The van der Waals surface area contributed by atoms with Crippen LogP contribution in [-0.4, -0.2) is 4.98 Å². The molecule has 20 heavy (non-hydrogen) atoms. The van der Waals surface area contributed by atoms with E-state index in [4.69, 9.17) is 11.6 Å². The van der Waals surface area contributed by atoms with Crippen LogP contribution in [0.5, 0.6) is 0 Å². The van der Waals surface area contributed by atoms with Gasteiger partial charge in [0.05, 0.1) is 11.3 Å². The molecule has 0 amide bonds. The number of anilines is 2. The first-order chi connectivity index (χ1) is 9.27. The molecular weight excluding hydrogens is 303 g/mol. The van der Waals surface area contributed by atoms with Crippen molar-refractivity contribution in [1.29, 1.82) is 0 Å². The second-order valence-electron chi connectivity index (χ2n) is 3.79. The average Bonchev–Trinajstić information content (AvgIpc) is 2.33. The van der Waals surface area contributed by atoms with E-state index < -0.39 is 28.5 Å². The Kier molecular flexibility index (Phi) is 3.80. The van der Waals surface area contributed by atoms with E-state index in [1.54, 1.807) is 0 Å². The van der Waals surface area contributed by atoms with Crippen LogP contribution in [-0.2, 0) is 6.18 Å². The second-order valence-corrected chi connectivity index (χ2v) is 4.18. The van der Waals surface area contributed by atoms with Gasteiger partial charge in [0.25, 0.3) is 0 Å². The van der Waals surface area contributed by atoms with E-state index in [0.29, 0.717) is 12.1 Å². The van der Waals surface area contributed by atoms with E-state index >= 15 is 0 Å². The van der Waals surface area contributed by atoms with Crippen LogP contribution in [0.3, 0.4) is 0 Å². The lowest BCUT2D eigenvalue weighted by Crippen LogP contribution is -2.07. The molecule has 0 bridgehead atoms. The standard InChI is InChI=1S/C12H6ClF5N2/c13-9-4-6(12(16,17)18)5-10(20-9)19-8-3-1-2-7(14)11(8)15/h1-5H,(H,19,20). The Morgan fingerprint density at radius 2 is 1.80 bits per heavy atom. The minimum absolute atomic E-state index is 0.339. The summed E-state index contributed by atoms with van der Waals surface area (Å²) in [5.41, 5.74) is -1.38. The van der Waals surface area contributed by atoms with Crippen molar-refractivity contribution in [3.05, 3.63) is 52.7 Å². The number of hydrogen-bond acceptors (Lipinski definition) is 2. The maximum atomic E-state index is 13.4. The van der Waals surface area contributed by atoms with E-state index in [9.17, 15) is 22.0 Å². The van der Waals surface area contributed by atoms with Crippen molar-refractivity contribution in [2.24, 2.45) is 0 Å². The molecule has 2 aromatic rings. The van der Waals surface area contributed by atoms with Gasteiger partial charge in [-0.15, -0.1) is 0 Å². The summed E-state index contributed by atoms with van der Waals surface area (Å²) in [6, 6.07) is 4.53. The monoisotopic (exact) mass is 308 g/mol. The molecule has 2 rings (SSSR count). The molecule has 0 saturated carbocycles. The van der Waals surface area contributed by atoms with Crippen LogP contribution >= 0.6 is 11.6 Å². The van der Waals surface area contributed by atoms with Gasteiger partial charge in [0.1, 0.15) is 11.0 Å². The van der Waals surface area contributed by atoms with Gasteiger partial charge in [0, 0.05) is 0 Å². The van der Waals surface area contributed by atoms with Gasteiger partial charge in [-0.25, -0.2) is 13.8 Å². The molecule has 0 spiro atoms. The van der Waals surface area contributed by atoms with Gasteiger partial charge in [-0.2, -0.15) is 13.2 Å². The maximum absolute atomic E-state index is 13.4. The molecule has 0 aliphatic carbocycles. The number of aromatic nitrogens is 1. The molecule has 0 saturated heterocycles. The van der Waals surface area contributed by atoms with Crippen LogP contribution < -0.4 is 5.32 Å². The number of alkyl halides is 3. The number of hydrogen-bond donors (Lipinski definition) is 1. The molecule has 1 N–H and O–H groups in total. The molecule has 0 atom stereocenters. The zero-order valence-corrected chi connectivity index (χ0v) is 10.4. The fourth-order valence-corrected chi connectivity index (χ4v) is 1.67. The minimum atomic E-state index is -4.62. The van der Waals surface area contributed by atoms with E-state index in [2.05, 4.69) is 10.3 Å². The van der Waals surface area contributed by atoms with Gasteiger partial charge < -0.3 is 5.32 Å². The summed E-state index contributed by atoms with van der Waals surface area (Å²) in [5, 5.41) is 1.84. The number of halogens is 6. The van der Waals surface area contributed by atoms with E-state index in [0.717, 1.165) is 12.1 Å². The fourth-order valence-electron chi connectivity index (χ4n) is 1.46. The van der Waals surface area contributed by atoms with Crippen molar-refractivity contribution < 1.29 is 22.0 Å². The Bertz CT molecular complexity index is 642. The number of pyridine rings is 1. The maximum Gasteiger partial charge on any atom is 0.416 e. The number of benzene rings is 1. The summed E-state index contributed by atoms with van der Waals surface area (Å²) in [6.07, 6.45) is -4.62. The summed E-state index contributed by atoms with van der Waals surface area (Å²) in [4.78, 5) is 3.58. The van der Waals surface area contributed by atoms with Gasteiger partial charge >= 0.3 is 6.18 Å². The van der Waals surface area contributed by atoms with Crippen LogP contribution in [0.4, 0.5) is 33.5 Å². The molecule has 106 valence electrons. The third-order valence-electron chi connectivity index (χ3n) is 2.34. The molecule has 0 aliphatic rings. The fraction of sp³-hybridized carbons (Fsp3) is 0.0833. The molecule has 8 heteroatoms. The third kappa shape index (κ3) is 3.16. The molecule has 0 fully saturated rings. The van der Waals surface area contributed by atoms with Crippen LogP contribution in [0, 0.1) is 11.6 Å². The van der Waals surface area contributed by atoms with Crippen molar-refractivity contribution >= 4 is 23.1 Å². The Hall–Kier alpha value is -1.89. The first kappa shape index (κ1) is 14.5. The van der Waals surface area contributed by atoms with E-state index in [1.165, 1.54) is 6.07 Å². The van der Waals surface area contributed by atoms with Crippen LogP contribution in [0.15, 0.2) is 30.3 Å². The quantitative estimate of drug-likeness (QED) is 0.638. The number of nitrogens with zero attached hydrogens (tertiary/aromatic N) is 1. The smallest absolute Gasteiger partial charge is 0.338 e. The van der Waals surface area contributed by atoms with Gasteiger partial charge in [0.2, 0.25) is 0 Å². The predicted molar refractivity (Wildman–Crippen MR) is 63.9 cm³/mol. The van der Waals surface area contributed by atoms with Crippen molar-refractivity contribution in [3.63, 3.8) is 0 Å². The molecule has 1 aromatic heterocycles. The molecule has 1 heterocycles. The van der Waals surface area contributed by atoms with Crippen molar-refractivity contribution in [2.75, 3.05) is 5.32 Å². The van der Waals surface area contributed by atoms with Crippen molar-refractivity contribution in [1.82, 2.24) is 4.98 Å². The van der Waals surface area contributed by atoms with Crippen molar-refractivity contribution in [2.45, 2.75) is 6.18 Å². The lowest BCUT2D eigenvalue weighted by molar-refractivity contribution is -0.137. The first-order valence-corrected chi connectivity index (χ1v) is 5.61. The van der Waals surface area contributed by atoms with Gasteiger partial charge in [0.15, 0.2) is 11.6 Å². The Morgan fingerprint density at radius 1 is 1.10 bits per heavy atom. The van der Waals surface area contributed by atoms with E-state index in [-0.39, 0.29) is 11.5 Å². The molecule has 0 aliphatic heterocycles. The average molecular weight is 309 g/mol. The zero-order valence-electron chi connectivity index (χ0n) is 9.60. The number of rotatable bonds is 2. The Balaban J connectivity index is 2.39. The Morgan fingerprint density at radius 3 is 2.45 bits per heavy atom. The van der Waals surface area contributed by atoms with Gasteiger partial charge in [-0.3, -0.25) is 0 Å². The van der Waals surface area contributed by atoms with Crippen molar-refractivity contribution in [3.8, 4) is 0 Å². The lowest BCUT2D eigenvalue weighted by Gasteiger charge is -2.11. The highest BCUT2D eigenvalue weighted by molar-refractivity contribution is 6.29. The summed E-state index contributed by atoms with van der Waals surface area (Å²) < 4.78 is 64.1. The minimum Gasteiger partial charge on any atom is -0.338 e. The summed E-state index contributed by atoms with van der Waals surface area (Å²) in [5.74, 6) is -2.69. The molecular formula is C12H6ClF5N2. The first-order valence-electron chi connectivity index (χ1n) is 5.23. The summed E-state index contributed by atoms with van der Waals surface area (Å²) >= 11 is 5.47. The topological polar surface area (TPSA) is 24.9 Å². The largest absolute Gasteiger partial charge is 0.416 e. The highest BCUT2D eigenvalue weighted by atomic mass is 35.5. The third-order valence-corrected chi connectivity index (χ3v) is 2.53. The zero-order chi connectivity index (χ0) is 14.9. The lowest BCUT2D eigenvalue weighted by atomic mass is 10.2. The van der Waals surface area contributed by atoms with Crippen LogP contribution in [0.25, 0.3) is 0 Å². The molecule has 0 unspecified atom stereocenters. The highest BCUT2D eigenvalue weighted by Gasteiger charge is 2.31. The summed E-state index contributed by atoms with van der Waals surface area (Å²) in [6.45, 7) is 0. The number of nitrogens with one attached hydrogen (secondary N) is 1. The highest BCUT2D eigenvalue weighted by Crippen LogP contribution is 2.32. The SMILES string of the molecule is Fc1cccc(Nc2cc(C(F)(F)F)cc(Cl)n2)c1F. The Labute approximate surface area is 115 Å². The van der Waals surface area contributed by atoms with E-state index in [1.807, 2.05) is 0 Å². The summed E-state index contributed by atoms with van der Waals surface area (Å²) in [7, 11) is 0. The van der Waals surface area contributed by atoms with Crippen LogP contribution in [0.2, 0.25) is 5.15 Å².